The van der Waals surface area contributed by atoms with Crippen LogP contribution in [0.5, 0.6) is 0 Å². The van der Waals surface area contributed by atoms with Gasteiger partial charge in [-0.1, -0.05) is 46.7 Å². The molecular weight excluding hydrogens is 413 g/mol. The molecule has 0 aliphatic carbocycles. The van der Waals surface area contributed by atoms with Gasteiger partial charge < -0.3 is 4.90 Å². The summed E-state index contributed by atoms with van der Waals surface area (Å²) in [7, 11) is 4.07. The van der Waals surface area contributed by atoms with Crippen LogP contribution in [0, 0.1) is 13.8 Å². The molecule has 3 aromatic rings. The molecule has 28 heavy (non-hydrogen) atoms. The number of hydrogen-bond donors (Lipinski definition) is 0. The number of carbonyl (C=O) groups is 1. The van der Waals surface area contributed by atoms with E-state index >= 15 is 0 Å². The predicted molar refractivity (Wildman–Crippen MR) is 123 cm³/mol. The number of thiazole rings is 1. The Morgan fingerprint density at radius 1 is 1.14 bits per heavy atom. The molecule has 0 N–H and O–H groups in total. The first-order valence-corrected chi connectivity index (χ1v) is 10.1. The van der Waals surface area contributed by atoms with Crippen LogP contribution in [0.15, 0.2) is 36.4 Å². The smallest absolute Gasteiger partial charge is 0.260 e. The molecule has 1 aromatic heterocycles. The number of fused-ring (bicyclic) bond motifs is 1. The molecule has 1 heterocycles. The second-order valence-corrected chi connectivity index (χ2v) is 8.43. The number of aryl methyl sites for hydroxylation is 2. The van der Waals surface area contributed by atoms with E-state index in [1.807, 2.05) is 64.3 Å². The molecule has 0 fully saturated rings. The lowest BCUT2D eigenvalue weighted by molar-refractivity contribution is 0.0985. The molecule has 2 aromatic carbocycles. The zero-order valence-electron chi connectivity index (χ0n) is 16.5. The molecule has 0 unspecified atom stereocenters. The van der Waals surface area contributed by atoms with E-state index in [0.29, 0.717) is 16.7 Å². The van der Waals surface area contributed by atoms with Crippen molar-refractivity contribution in [2.45, 2.75) is 20.3 Å². The highest BCUT2D eigenvalue weighted by Crippen LogP contribution is 2.33. The fourth-order valence-electron chi connectivity index (χ4n) is 3.05. The van der Waals surface area contributed by atoms with Gasteiger partial charge in [-0.15, -0.1) is 12.4 Å². The molecule has 0 spiro atoms. The van der Waals surface area contributed by atoms with Crippen LogP contribution in [-0.2, 0) is 0 Å². The van der Waals surface area contributed by atoms with E-state index in [2.05, 4.69) is 9.88 Å². The van der Waals surface area contributed by atoms with Crippen molar-refractivity contribution in [2.75, 3.05) is 32.1 Å². The maximum Gasteiger partial charge on any atom is 0.260 e. The Morgan fingerprint density at radius 2 is 1.89 bits per heavy atom. The normalized spacial score (nSPS) is 10.9. The monoisotopic (exact) mass is 437 g/mol. The Bertz CT molecular complexity index is 971. The predicted octanol–water partition coefficient (Wildman–Crippen LogP) is 5.59. The molecule has 0 saturated heterocycles. The van der Waals surface area contributed by atoms with Crippen LogP contribution in [0.3, 0.4) is 0 Å². The summed E-state index contributed by atoms with van der Waals surface area (Å²) in [6, 6.07) is 11.7. The Hall–Kier alpha value is -1.66. The van der Waals surface area contributed by atoms with Gasteiger partial charge in [0.25, 0.3) is 5.91 Å². The molecule has 150 valence electrons. The van der Waals surface area contributed by atoms with E-state index in [-0.39, 0.29) is 18.3 Å². The molecule has 0 bridgehead atoms. The molecule has 4 nitrogen and oxygen atoms in total. The lowest BCUT2D eigenvalue weighted by Crippen LogP contribution is -2.33. The SMILES string of the molecule is Cc1ccc(C(=O)N(CCCN(C)C)c2nc3c(Cl)cccc3s2)c(C)c1.Cl. The fourth-order valence-corrected chi connectivity index (χ4v) is 4.34. The van der Waals surface area contributed by atoms with Crippen molar-refractivity contribution in [2.24, 2.45) is 0 Å². The van der Waals surface area contributed by atoms with Crippen molar-refractivity contribution >= 4 is 56.6 Å². The van der Waals surface area contributed by atoms with E-state index in [9.17, 15) is 4.79 Å². The van der Waals surface area contributed by atoms with Crippen molar-refractivity contribution in [3.63, 3.8) is 0 Å². The third-order valence-electron chi connectivity index (χ3n) is 4.43. The lowest BCUT2D eigenvalue weighted by Gasteiger charge is -2.22. The number of amides is 1. The number of benzene rings is 2. The van der Waals surface area contributed by atoms with E-state index < -0.39 is 0 Å². The third-order valence-corrected chi connectivity index (χ3v) is 5.78. The van der Waals surface area contributed by atoms with Gasteiger partial charge in [0.15, 0.2) is 5.13 Å². The molecular formula is C21H25Cl2N3OS. The van der Waals surface area contributed by atoms with Crippen molar-refractivity contribution in [3.8, 4) is 0 Å². The molecule has 3 rings (SSSR count). The summed E-state index contributed by atoms with van der Waals surface area (Å²) in [5.74, 6) is -0.0126. The minimum Gasteiger partial charge on any atom is -0.309 e. The van der Waals surface area contributed by atoms with Gasteiger partial charge in [0.05, 0.1) is 9.72 Å². The topological polar surface area (TPSA) is 36.4 Å². The van der Waals surface area contributed by atoms with Gasteiger partial charge in [0, 0.05) is 12.1 Å². The van der Waals surface area contributed by atoms with Crippen LogP contribution < -0.4 is 4.90 Å². The zero-order valence-corrected chi connectivity index (χ0v) is 18.9. The molecule has 0 aliphatic rings. The van der Waals surface area contributed by atoms with Gasteiger partial charge in [-0.25, -0.2) is 4.98 Å². The summed E-state index contributed by atoms with van der Waals surface area (Å²) in [4.78, 5) is 22.0. The largest absolute Gasteiger partial charge is 0.309 e. The summed E-state index contributed by atoms with van der Waals surface area (Å²) in [5.41, 5.74) is 3.60. The van der Waals surface area contributed by atoms with Crippen LogP contribution in [0.2, 0.25) is 5.02 Å². The van der Waals surface area contributed by atoms with E-state index in [0.717, 1.165) is 39.9 Å². The molecule has 0 radical (unpaired) electrons. The summed E-state index contributed by atoms with van der Waals surface area (Å²) in [5, 5.41) is 1.31. The molecule has 0 atom stereocenters. The van der Waals surface area contributed by atoms with Crippen LogP contribution in [0.4, 0.5) is 5.13 Å². The van der Waals surface area contributed by atoms with Gasteiger partial charge in [-0.3, -0.25) is 9.69 Å². The second kappa shape index (κ2) is 9.70. The second-order valence-electron chi connectivity index (χ2n) is 7.02. The van der Waals surface area contributed by atoms with Gasteiger partial charge in [-0.2, -0.15) is 0 Å². The lowest BCUT2D eigenvalue weighted by atomic mass is 10.0. The van der Waals surface area contributed by atoms with Crippen molar-refractivity contribution < 1.29 is 4.79 Å². The summed E-state index contributed by atoms with van der Waals surface area (Å²) in [6.07, 6.45) is 0.868. The number of halogens is 2. The summed E-state index contributed by atoms with van der Waals surface area (Å²) in [6.45, 7) is 5.53. The first-order chi connectivity index (χ1) is 12.9. The number of rotatable bonds is 6. The number of hydrogen-bond acceptors (Lipinski definition) is 4. The van der Waals surface area contributed by atoms with E-state index in [4.69, 9.17) is 11.6 Å². The van der Waals surface area contributed by atoms with E-state index in [1.54, 1.807) is 4.90 Å². The van der Waals surface area contributed by atoms with Crippen LogP contribution in [0.25, 0.3) is 10.2 Å². The van der Waals surface area contributed by atoms with Crippen LogP contribution in [-0.4, -0.2) is 43.0 Å². The first kappa shape index (κ1) is 22.6. The average Bonchev–Trinajstić information content (AvgIpc) is 3.03. The molecule has 0 aliphatic heterocycles. The minimum absolute atomic E-state index is 0. The zero-order chi connectivity index (χ0) is 19.6. The molecule has 1 amide bonds. The van der Waals surface area contributed by atoms with Gasteiger partial charge >= 0.3 is 0 Å². The average molecular weight is 438 g/mol. The molecule has 0 saturated carbocycles. The number of anilines is 1. The Balaban J connectivity index is 0.00000280. The van der Waals surface area contributed by atoms with Crippen molar-refractivity contribution in [3.05, 3.63) is 58.1 Å². The quantitative estimate of drug-likeness (QED) is 0.504. The highest BCUT2D eigenvalue weighted by molar-refractivity contribution is 7.22. The van der Waals surface area contributed by atoms with E-state index in [1.165, 1.54) is 11.3 Å². The number of para-hydroxylation sites is 1. The maximum atomic E-state index is 13.4. The molecule has 7 heteroatoms. The Kier molecular flexibility index (Phi) is 7.84. The Labute approximate surface area is 181 Å². The van der Waals surface area contributed by atoms with Crippen LogP contribution >= 0.6 is 35.3 Å². The van der Waals surface area contributed by atoms with Crippen molar-refractivity contribution in [1.29, 1.82) is 0 Å². The van der Waals surface area contributed by atoms with Crippen molar-refractivity contribution in [1.82, 2.24) is 9.88 Å². The first-order valence-electron chi connectivity index (χ1n) is 8.95. The third kappa shape index (κ3) is 5.03. The Morgan fingerprint density at radius 3 is 2.54 bits per heavy atom. The summed E-state index contributed by atoms with van der Waals surface area (Å²) >= 11 is 7.80. The number of nitrogens with zero attached hydrogens (tertiary/aromatic N) is 3. The highest BCUT2D eigenvalue weighted by Gasteiger charge is 2.23. The number of aromatic nitrogens is 1. The minimum atomic E-state index is -0.0126. The number of carbonyl (C=O) groups excluding carboxylic acids is 1. The summed E-state index contributed by atoms with van der Waals surface area (Å²) < 4.78 is 0.989. The highest BCUT2D eigenvalue weighted by atomic mass is 35.5. The van der Waals surface area contributed by atoms with Gasteiger partial charge in [0.2, 0.25) is 0 Å². The maximum absolute atomic E-state index is 13.4. The van der Waals surface area contributed by atoms with Gasteiger partial charge in [-0.05, 0) is 64.7 Å². The standard InChI is InChI=1S/C21H24ClN3OS.ClH/c1-14-9-10-16(15(2)13-14)20(26)25(12-6-11-24(3)4)21-23-19-17(22)7-5-8-18(19)27-21;/h5,7-10,13H,6,11-12H2,1-4H3;1H. The van der Waals surface area contributed by atoms with Crippen LogP contribution in [0.1, 0.15) is 27.9 Å². The fraction of sp³-hybridized carbons (Fsp3) is 0.333. The van der Waals surface area contributed by atoms with Gasteiger partial charge in [0.1, 0.15) is 5.52 Å².